The Morgan fingerprint density at radius 2 is 1.90 bits per heavy atom. The van der Waals surface area contributed by atoms with Crippen molar-refractivity contribution >= 4 is 0 Å². The summed E-state index contributed by atoms with van der Waals surface area (Å²) in [6.45, 7) is 8.38. The van der Waals surface area contributed by atoms with Crippen molar-refractivity contribution in [2.24, 2.45) is 5.41 Å². The topological polar surface area (TPSA) is 32.8 Å². The van der Waals surface area contributed by atoms with E-state index in [1.54, 1.807) is 0 Å². The molecule has 1 N–H and O–H groups in total. The number of hydrogen-bond donors (Lipinski definition) is 1. The molecule has 0 aliphatic carbocycles. The standard InChI is InChI=1S/C8H16O2/c1-7(2,3)5-8(4)6(9)10-8/h6,9H,5H2,1-4H3. The summed E-state index contributed by atoms with van der Waals surface area (Å²) in [5, 5.41) is 9.03. The predicted octanol–water partition coefficient (Wildman–Crippen LogP) is 1.53. The molecule has 60 valence electrons. The normalized spacial score (nSPS) is 39.9. The van der Waals surface area contributed by atoms with Crippen LogP contribution in [0.2, 0.25) is 0 Å². The van der Waals surface area contributed by atoms with Crippen molar-refractivity contribution in [3.8, 4) is 0 Å². The van der Waals surface area contributed by atoms with Crippen LogP contribution in [0.25, 0.3) is 0 Å². The zero-order chi connectivity index (χ0) is 7.99. The fraction of sp³-hybridized carbons (Fsp3) is 1.00. The van der Waals surface area contributed by atoms with Gasteiger partial charge in [-0.1, -0.05) is 20.8 Å². The van der Waals surface area contributed by atoms with Crippen LogP contribution < -0.4 is 0 Å². The molecule has 2 atom stereocenters. The van der Waals surface area contributed by atoms with Gasteiger partial charge in [-0.3, -0.25) is 0 Å². The number of rotatable bonds is 1. The Morgan fingerprint density at radius 1 is 1.50 bits per heavy atom. The molecule has 0 amide bonds. The van der Waals surface area contributed by atoms with Gasteiger partial charge in [0.25, 0.3) is 0 Å². The average molecular weight is 144 g/mol. The minimum Gasteiger partial charge on any atom is -0.366 e. The number of aliphatic hydroxyl groups is 1. The molecule has 1 fully saturated rings. The number of aliphatic hydroxyl groups excluding tert-OH is 1. The second-order valence-electron chi connectivity index (χ2n) is 4.52. The molecule has 2 nitrogen and oxygen atoms in total. The van der Waals surface area contributed by atoms with E-state index in [1.807, 2.05) is 6.92 Å². The van der Waals surface area contributed by atoms with E-state index in [9.17, 15) is 0 Å². The zero-order valence-electron chi connectivity index (χ0n) is 7.14. The van der Waals surface area contributed by atoms with Crippen molar-refractivity contribution in [1.29, 1.82) is 0 Å². The van der Waals surface area contributed by atoms with Gasteiger partial charge < -0.3 is 9.84 Å². The lowest BCUT2D eigenvalue weighted by atomic mass is 9.85. The molecule has 0 spiro atoms. The van der Waals surface area contributed by atoms with E-state index in [1.165, 1.54) is 0 Å². The number of hydrogen-bond acceptors (Lipinski definition) is 2. The SMILES string of the molecule is CC(C)(C)CC1(C)OC1O. The highest BCUT2D eigenvalue weighted by atomic mass is 16.7. The van der Waals surface area contributed by atoms with Gasteiger partial charge in [0, 0.05) is 0 Å². The second kappa shape index (κ2) is 1.95. The molecular weight excluding hydrogens is 128 g/mol. The minimum absolute atomic E-state index is 0.242. The van der Waals surface area contributed by atoms with Gasteiger partial charge >= 0.3 is 0 Å². The maximum atomic E-state index is 9.03. The summed E-state index contributed by atoms with van der Waals surface area (Å²) in [5.41, 5.74) is -0.00944. The molecule has 1 aliphatic rings. The van der Waals surface area contributed by atoms with Crippen molar-refractivity contribution in [3.05, 3.63) is 0 Å². The Morgan fingerprint density at radius 3 is 2.00 bits per heavy atom. The Labute approximate surface area is 62.2 Å². The van der Waals surface area contributed by atoms with E-state index in [0.29, 0.717) is 0 Å². The number of epoxide rings is 1. The molecule has 1 aliphatic heterocycles. The van der Waals surface area contributed by atoms with Crippen LogP contribution in [0.5, 0.6) is 0 Å². The third kappa shape index (κ3) is 1.70. The molecule has 0 aromatic rings. The molecule has 0 bridgehead atoms. The van der Waals surface area contributed by atoms with Crippen molar-refractivity contribution in [3.63, 3.8) is 0 Å². The van der Waals surface area contributed by atoms with Gasteiger partial charge in [-0.05, 0) is 18.8 Å². The molecule has 10 heavy (non-hydrogen) atoms. The van der Waals surface area contributed by atoms with Crippen LogP contribution in [0, 0.1) is 5.41 Å². The van der Waals surface area contributed by atoms with E-state index in [0.717, 1.165) is 6.42 Å². The van der Waals surface area contributed by atoms with Crippen LogP contribution in [-0.4, -0.2) is 17.0 Å². The summed E-state index contributed by atoms with van der Waals surface area (Å²) in [6.07, 6.45) is 0.396. The van der Waals surface area contributed by atoms with Gasteiger partial charge in [-0.2, -0.15) is 0 Å². The minimum atomic E-state index is -0.522. The van der Waals surface area contributed by atoms with Crippen LogP contribution in [-0.2, 0) is 4.74 Å². The summed E-state index contributed by atoms with van der Waals surface area (Å²) < 4.78 is 5.04. The van der Waals surface area contributed by atoms with Gasteiger partial charge in [0.1, 0.15) is 5.60 Å². The lowest BCUT2D eigenvalue weighted by Crippen LogP contribution is -2.19. The first kappa shape index (κ1) is 8.02. The van der Waals surface area contributed by atoms with Gasteiger partial charge in [-0.25, -0.2) is 0 Å². The van der Waals surface area contributed by atoms with Crippen LogP contribution in [0.1, 0.15) is 34.1 Å². The van der Waals surface area contributed by atoms with Gasteiger partial charge in [0.15, 0.2) is 6.29 Å². The van der Waals surface area contributed by atoms with Crippen molar-refractivity contribution < 1.29 is 9.84 Å². The molecular formula is C8H16O2. The molecule has 0 radical (unpaired) electrons. The lowest BCUT2D eigenvalue weighted by molar-refractivity contribution is 0.154. The quantitative estimate of drug-likeness (QED) is 0.566. The maximum Gasteiger partial charge on any atom is 0.184 e. The van der Waals surface area contributed by atoms with Gasteiger partial charge in [-0.15, -0.1) is 0 Å². The molecule has 1 heterocycles. The summed E-state index contributed by atoms with van der Waals surface area (Å²) in [4.78, 5) is 0. The molecule has 2 unspecified atom stereocenters. The highest BCUT2D eigenvalue weighted by Gasteiger charge is 2.53. The fourth-order valence-corrected chi connectivity index (χ4v) is 1.40. The highest BCUT2D eigenvalue weighted by molar-refractivity contribution is 4.94. The Hall–Kier alpha value is -0.0800. The first-order valence-electron chi connectivity index (χ1n) is 3.69. The zero-order valence-corrected chi connectivity index (χ0v) is 7.14. The molecule has 0 saturated carbocycles. The Balaban J connectivity index is 2.41. The predicted molar refractivity (Wildman–Crippen MR) is 39.6 cm³/mol. The van der Waals surface area contributed by atoms with E-state index < -0.39 is 6.29 Å². The van der Waals surface area contributed by atoms with Gasteiger partial charge in [0.05, 0.1) is 0 Å². The Bertz CT molecular complexity index is 137. The maximum absolute atomic E-state index is 9.03. The molecule has 0 aromatic carbocycles. The van der Waals surface area contributed by atoms with Crippen molar-refractivity contribution in [1.82, 2.24) is 0 Å². The highest BCUT2D eigenvalue weighted by Crippen LogP contribution is 2.43. The van der Waals surface area contributed by atoms with E-state index in [-0.39, 0.29) is 11.0 Å². The second-order valence-corrected chi connectivity index (χ2v) is 4.52. The smallest absolute Gasteiger partial charge is 0.184 e. The van der Waals surface area contributed by atoms with Crippen LogP contribution in [0.15, 0.2) is 0 Å². The first-order chi connectivity index (χ1) is 4.33. The molecule has 1 rings (SSSR count). The summed E-state index contributed by atoms with van der Waals surface area (Å²) in [6, 6.07) is 0. The van der Waals surface area contributed by atoms with Gasteiger partial charge in [0.2, 0.25) is 0 Å². The molecule has 2 heteroatoms. The van der Waals surface area contributed by atoms with E-state index in [2.05, 4.69) is 20.8 Å². The average Bonchev–Trinajstić information content (AvgIpc) is 2.05. The summed E-state index contributed by atoms with van der Waals surface area (Å²) in [5.74, 6) is 0. The van der Waals surface area contributed by atoms with Crippen molar-refractivity contribution in [2.45, 2.75) is 46.0 Å². The molecule has 0 aromatic heterocycles. The first-order valence-corrected chi connectivity index (χ1v) is 3.69. The summed E-state index contributed by atoms with van der Waals surface area (Å²) >= 11 is 0. The summed E-state index contributed by atoms with van der Waals surface area (Å²) in [7, 11) is 0. The lowest BCUT2D eigenvalue weighted by Gasteiger charge is -2.20. The Kier molecular flexibility index (Phi) is 1.57. The third-order valence-electron chi connectivity index (χ3n) is 1.73. The largest absolute Gasteiger partial charge is 0.366 e. The monoisotopic (exact) mass is 144 g/mol. The molecule has 1 saturated heterocycles. The van der Waals surface area contributed by atoms with Crippen LogP contribution in [0.3, 0.4) is 0 Å². The van der Waals surface area contributed by atoms with Crippen molar-refractivity contribution in [2.75, 3.05) is 0 Å². The van der Waals surface area contributed by atoms with E-state index in [4.69, 9.17) is 9.84 Å². The van der Waals surface area contributed by atoms with E-state index >= 15 is 0 Å². The fourth-order valence-electron chi connectivity index (χ4n) is 1.40. The van der Waals surface area contributed by atoms with Crippen LogP contribution >= 0.6 is 0 Å². The third-order valence-corrected chi connectivity index (χ3v) is 1.73. The van der Waals surface area contributed by atoms with Crippen LogP contribution in [0.4, 0.5) is 0 Å². The number of ether oxygens (including phenoxy) is 1.